The number of carbonyl (C=O) groups is 1. The fourth-order valence-corrected chi connectivity index (χ4v) is 4.15. The number of fused-ring (bicyclic) bond motifs is 4. The van der Waals surface area contributed by atoms with E-state index in [9.17, 15) is 4.79 Å². The molecule has 1 atom stereocenters. The first-order chi connectivity index (χ1) is 14.2. The summed E-state index contributed by atoms with van der Waals surface area (Å²) < 4.78 is 12.9. The zero-order valence-corrected chi connectivity index (χ0v) is 16.3. The molecule has 0 saturated carbocycles. The van der Waals surface area contributed by atoms with Gasteiger partial charge in [-0.2, -0.15) is 5.10 Å². The number of esters is 1. The molecule has 5 rings (SSSR count). The van der Waals surface area contributed by atoms with Crippen LogP contribution in [0.5, 0.6) is 5.88 Å². The first-order valence-corrected chi connectivity index (χ1v) is 9.98. The Bertz CT molecular complexity index is 1120. The van der Waals surface area contributed by atoms with Crippen LogP contribution in [0.4, 0.5) is 0 Å². The molecule has 0 radical (unpaired) electrons. The molecule has 0 N–H and O–H groups in total. The predicted molar refractivity (Wildman–Crippen MR) is 106 cm³/mol. The number of aromatic nitrogens is 4. The Balaban J connectivity index is 1.62. The van der Waals surface area contributed by atoms with Crippen molar-refractivity contribution in [2.24, 2.45) is 0 Å². The third-order valence-corrected chi connectivity index (χ3v) is 5.53. The van der Waals surface area contributed by atoms with Gasteiger partial charge in [-0.15, -0.1) is 0 Å². The average Bonchev–Trinajstić information content (AvgIpc) is 3.15. The molecule has 3 aromatic rings. The molecule has 4 heterocycles. The Morgan fingerprint density at radius 1 is 1.21 bits per heavy atom. The minimum absolute atomic E-state index is 0.137. The maximum atomic E-state index is 12.5. The summed E-state index contributed by atoms with van der Waals surface area (Å²) in [7, 11) is 0. The van der Waals surface area contributed by atoms with Crippen LogP contribution in [0.3, 0.4) is 0 Å². The van der Waals surface area contributed by atoms with E-state index >= 15 is 0 Å². The molecule has 0 aromatic carbocycles. The van der Waals surface area contributed by atoms with E-state index < -0.39 is 5.97 Å². The van der Waals surface area contributed by atoms with Gasteiger partial charge < -0.3 is 9.47 Å². The highest BCUT2D eigenvalue weighted by Gasteiger charge is 2.25. The number of cyclic esters (lactones) is 1. The number of hydrogen-bond acceptors (Lipinski definition) is 6. The molecule has 0 amide bonds. The summed E-state index contributed by atoms with van der Waals surface area (Å²) >= 11 is 0. The smallest absolute Gasteiger partial charge is 0.343 e. The van der Waals surface area contributed by atoms with E-state index in [-0.39, 0.29) is 19.1 Å². The second kappa shape index (κ2) is 7.31. The molecular formula is C22H22N4O3. The zero-order chi connectivity index (χ0) is 19.8. The second-order valence-electron chi connectivity index (χ2n) is 7.58. The summed E-state index contributed by atoms with van der Waals surface area (Å²) in [5.41, 5.74) is 5.33. The van der Waals surface area contributed by atoms with Crippen LogP contribution in [0, 0.1) is 6.92 Å². The summed E-state index contributed by atoms with van der Waals surface area (Å²) in [5, 5.41) is 4.22. The Morgan fingerprint density at radius 2 is 2.10 bits per heavy atom. The van der Waals surface area contributed by atoms with Crippen molar-refractivity contribution in [1.82, 2.24) is 19.6 Å². The maximum absolute atomic E-state index is 12.5. The van der Waals surface area contributed by atoms with E-state index in [2.05, 4.69) is 22.2 Å². The number of allylic oxidation sites excluding steroid dienone is 2. The Labute approximate surface area is 168 Å². The molecule has 0 unspecified atom stereocenters. The molecule has 1 aliphatic heterocycles. The predicted octanol–water partition coefficient (Wildman–Crippen LogP) is 3.42. The van der Waals surface area contributed by atoms with Gasteiger partial charge >= 0.3 is 5.97 Å². The molecule has 148 valence electrons. The number of aryl methyl sites for hydroxylation is 1. The number of hydrogen-bond donors (Lipinski definition) is 0. The van der Waals surface area contributed by atoms with Crippen molar-refractivity contribution in [3.05, 3.63) is 64.8 Å². The second-order valence-corrected chi connectivity index (χ2v) is 7.58. The van der Waals surface area contributed by atoms with Gasteiger partial charge in [0.15, 0.2) is 5.65 Å². The number of ether oxygens (including phenoxy) is 2. The van der Waals surface area contributed by atoms with Gasteiger partial charge in [0.05, 0.1) is 6.20 Å². The molecule has 0 saturated heterocycles. The summed E-state index contributed by atoms with van der Waals surface area (Å²) in [6.07, 6.45) is 11.5. The highest BCUT2D eigenvalue weighted by Crippen LogP contribution is 2.39. The largest absolute Gasteiger partial charge is 0.474 e. The van der Waals surface area contributed by atoms with Gasteiger partial charge in [-0.3, -0.25) is 0 Å². The first kappa shape index (κ1) is 17.8. The maximum Gasteiger partial charge on any atom is 0.343 e. The highest BCUT2D eigenvalue weighted by molar-refractivity contribution is 5.95. The van der Waals surface area contributed by atoms with Gasteiger partial charge in [0.25, 0.3) is 0 Å². The van der Waals surface area contributed by atoms with Crippen molar-refractivity contribution in [2.45, 2.75) is 38.5 Å². The lowest BCUT2D eigenvalue weighted by Crippen LogP contribution is -2.17. The Kier molecular flexibility index (Phi) is 4.50. The van der Waals surface area contributed by atoms with E-state index in [0.29, 0.717) is 23.5 Å². The molecule has 0 fully saturated rings. The van der Waals surface area contributed by atoms with Crippen LogP contribution >= 0.6 is 0 Å². The van der Waals surface area contributed by atoms with Gasteiger partial charge in [0.1, 0.15) is 18.8 Å². The van der Waals surface area contributed by atoms with Crippen LogP contribution in [0.15, 0.2) is 42.4 Å². The van der Waals surface area contributed by atoms with Gasteiger partial charge in [0, 0.05) is 36.0 Å². The number of nitrogens with zero attached hydrogens (tertiary/aromatic N) is 4. The van der Waals surface area contributed by atoms with E-state index in [1.54, 1.807) is 4.52 Å². The molecule has 29 heavy (non-hydrogen) atoms. The summed E-state index contributed by atoms with van der Waals surface area (Å²) in [6.45, 7) is 2.43. The monoisotopic (exact) mass is 390 g/mol. The Hall–Kier alpha value is -3.22. The van der Waals surface area contributed by atoms with Crippen LogP contribution < -0.4 is 4.74 Å². The normalized spacial score (nSPS) is 19.6. The molecule has 7 heteroatoms. The van der Waals surface area contributed by atoms with Gasteiger partial charge in [0.2, 0.25) is 5.88 Å². The summed E-state index contributed by atoms with van der Waals surface area (Å²) in [6, 6.07) is 4.12. The standard InChI is InChI=1S/C22H22N4O3/c1-14-10-18-17-5-3-2-4-15(17)11-16-6-7-26-20(25-16)19(13-24-26)22(27)29-9-8-28-21(18)23-12-14/h4,6-7,10,12-13,17H,2-3,5,8-9,11H2,1H3/t17-/m0/s1. The Morgan fingerprint density at radius 3 is 3.03 bits per heavy atom. The first-order valence-electron chi connectivity index (χ1n) is 9.98. The highest BCUT2D eigenvalue weighted by atomic mass is 16.6. The van der Waals surface area contributed by atoms with Crippen LogP contribution in [0.2, 0.25) is 0 Å². The molecule has 7 nitrogen and oxygen atoms in total. The van der Waals surface area contributed by atoms with Crippen LogP contribution in [-0.2, 0) is 11.2 Å². The van der Waals surface area contributed by atoms with E-state index in [1.165, 1.54) is 11.8 Å². The third-order valence-electron chi connectivity index (χ3n) is 5.53. The number of carbonyl (C=O) groups excluding carboxylic acids is 1. The van der Waals surface area contributed by atoms with Gasteiger partial charge in [-0.25, -0.2) is 19.3 Å². The van der Waals surface area contributed by atoms with Gasteiger partial charge in [-0.05, 0) is 43.9 Å². The van der Waals surface area contributed by atoms with Crippen LogP contribution in [0.1, 0.15) is 52.4 Å². The fraction of sp³-hybridized carbons (Fsp3) is 0.364. The minimum Gasteiger partial charge on any atom is -0.474 e. The summed E-state index contributed by atoms with van der Waals surface area (Å²) in [4.78, 5) is 21.7. The average molecular weight is 390 g/mol. The van der Waals surface area contributed by atoms with E-state index in [1.807, 2.05) is 25.4 Å². The van der Waals surface area contributed by atoms with Crippen LogP contribution in [-0.4, -0.2) is 38.8 Å². The van der Waals surface area contributed by atoms with Crippen molar-refractivity contribution < 1.29 is 14.3 Å². The van der Waals surface area contributed by atoms with E-state index in [4.69, 9.17) is 14.5 Å². The van der Waals surface area contributed by atoms with Crippen LogP contribution in [0.25, 0.3) is 5.65 Å². The van der Waals surface area contributed by atoms with Crippen molar-refractivity contribution in [3.63, 3.8) is 0 Å². The fourth-order valence-electron chi connectivity index (χ4n) is 4.15. The summed E-state index contributed by atoms with van der Waals surface area (Å²) in [5.74, 6) is 0.423. The lowest BCUT2D eigenvalue weighted by Gasteiger charge is -2.26. The number of rotatable bonds is 0. The van der Waals surface area contributed by atoms with Crippen molar-refractivity contribution >= 4 is 11.6 Å². The SMILES string of the molecule is Cc1cnc2c(c1)[C@H]1CCCC=C1Cc1ccn3ncc(c3n1)C(=O)OCCO2. The lowest BCUT2D eigenvalue weighted by molar-refractivity contribution is 0.0449. The lowest BCUT2D eigenvalue weighted by atomic mass is 9.80. The molecule has 2 aliphatic rings. The molecule has 2 bridgehead atoms. The minimum atomic E-state index is -0.447. The molecule has 3 aromatic heterocycles. The quantitative estimate of drug-likeness (QED) is 0.432. The zero-order valence-electron chi connectivity index (χ0n) is 16.3. The van der Waals surface area contributed by atoms with Gasteiger partial charge in [-0.1, -0.05) is 11.6 Å². The topological polar surface area (TPSA) is 78.6 Å². The molecule has 0 spiro atoms. The third kappa shape index (κ3) is 3.37. The van der Waals surface area contributed by atoms with E-state index in [0.717, 1.165) is 36.1 Å². The molecule has 1 aliphatic carbocycles. The van der Waals surface area contributed by atoms with Crippen molar-refractivity contribution in [2.75, 3.05) is 13.2 Å². The molecular weight excluding hydrogens is 368 g/mol. The van der Waals surface area contributed by atoms with Crippen molar-refractivity contribution in [3.8, 4) is 5.88 Å². The van der Waals surface area contributed by atoms with Crippen molar-refractivity contribution in [1.29, 1.82) is 0 Å². The number of pyridine rings is 1.